The van der Waals surface area contributed by atoms with E-state index in [0.29, 0.717) is 45.8 Å². The van der Waals surface area contributed by atoms with E-state index in [1.807, 2.05) is 120 Å². The van der Waals surface area contributed by atoms with Crippen molar-refractivity contribution in [2.24, 2.45) is 0 Å². The number of hydrogen-bond acceptors (Lipinski definition) is 7. The van der Waals surface area contributed by atoms with Gasteiger partial charge in [-0.25, -0.2) is 18.6 Å². The van der Waals surface area contributed by atoms with Crippen molar-refractivity contribution < 1.29 is 17.3 Å². The van der Waals surface area contributed by atoms with Crippen LogP contribution in [0.2, 0.25) is 0 Å². The first-order valence-electron chi connectivity index (χ1n) is 26.0. The molecule has 0 fully saturated rings. The predicted molar refractivity (Wildman–Crippen MR) is 320 cm³/mol. The molecule has 7 rings (SSSR count). The SMILES string of the molecule is C.C.C.C.CC(C)c1cccnc1.CC(C)c1cccnc1F.CC(C)c1cnccc1F.Cc1ccncc1C(C)C.Cc1cnc(C(C)C)c(F)c1.[2H]C([2H])([2H])c1ccncc1C(C)C.[C-]#[N+]c1cc(C)cnc1C(C)C. The van der Waals surface area contributed by atoms with Crippen molar-refractivity contribution in [3.63, 3.8) is 0 Å². The van der Waals surface area contributed by atoms with E-state index in [9.17, 15) is 13.2 Å². The van der Waals surface area contributed by atoms with Gasteiger partial charge < -0.3 is 0 Å². The summed E-state index contributed by atoms with van der Waals surface area (Å²) in [5.74, 6) is 1.60. The van der Waals surface area contributed by atoms with Crippen LogP contribution in [0.1, 0.15) is 234 Å². The Balaban J connectivity index is -0.000000413. The zero-order valence-corrected chi connectivity index (χ0v) is 45.8. The highest BCUT2D eigenvalue weighted by molar-refractivity contribution is 5.51. The summed E-state index contributed by atoms with van der Waals surface area (Å²) in [4.78, 5) is 31.0. The lowest BCUT2D eigenvalue weighted by molar-refractivity contribution is 0.557. The number of halogens is 3. The van der Waals surface area contributed by atoms with Gasteiger partial charge in [0.05, 0.1) is 12.3 Å². The van der Waals surface area contributed by atoms with Crippen molar-refractivity contribution in [3.05, 3.63) is 213 Å². The molecule has 0 spiro atoms. The molecule has 0 unspecified atom stereocenters. The van der Waals surface area contributed by atoms with Crippen LogP contribution in [0, 0.1) is 51.8 Å². The van der Waals surface area contributed by atoms with Crippen LogP contribution in [-0.2, 0) is 0 Å². The zero-order chi connectivity index (χ0) is 57.0. The second-order valence-corrected chi connectivity index (χ2v) is 19.3. The molecule has 8 nitrogen and oxygen atoms in total. The molecule has 7 heterocycles. The maximum absolute atomic E-state index is 13.0. The van der Waals surface area contributed by atoms with Gasteiger partial charge in [-0.3, -0.25) is 29.9 Å². The summed E-state index contributed by atoms with van der Waals surface area (Å²) in [6.45, 7) is 39.2. The fourth-order valence-corrected chi connectivity index (χ4v) is 6.38. The Morgan fingerprint density at radius 2 is 0.882 bits per heavy atom. The van der Waals surface area contributed by atoms with E-state index in [1.165, 1.54) is 47.4 Å². The molecule has 0 aromatic carbocycles. The van der Waals surface area contributed by atoms with Crippen molar-refractivity contribution >= 4 is 5.69 Å². The molecule has 11 heteroatoms. The fourth-order valence-electron chi connectivity index (χ4n) is 6.38. The summed E-state index contributed by atoms with van der Waals surface area (Å²) < 4.78 is 60.5. The highest BCUT2D eigenvalue weighted by Crippen LogP contribution is 2.25. The summed E-state index contributed by atoms with van der Waals surface area (Å²) in [6.07, 6.45) is 18.6. The van der Waals surface area contributed by atoms with Gasteiger partial charge in [-0.2, -0.15) is 4.39 Å². The van der Waals surface area contributed by atoms with Crippen molar-refractivity contribution in [3.8, 4) is 0 Å². The molecular weight excluding hydrogens is 950 g/mol. The Kier molecular flexibility index (Phi) is 37.1. The van der Waals surface area contributed by atoms with Gasteiger partial charge in [0.25, 0.3) is 0 Å². The second-order valence-electron chi connectivity index (χ2n) is 19.3. The fraction of sp³-hybridized carbons (Fsp3) is 0.446. The monoisotopic (exact) mass is 1050 g/mol. The Hall–Kier alpha value is -6.67. The van der Waals surface area contributed by atoms with Crippen LogP contribution in [-0.4, -0.2) is 34.9 Å². The van der Waals surface area contributed by atoms with Gasteiger partial charge in [0.15, 0.2) is 0 Å². The van der Waals surface area contributed by atoms with Gasteiger partial charge in [-0.15, -0.1) is 0 Å². The quantitative estimate of drug-likeness (QED) is 0.116. The summed E-state index contributed by atoms with van der Waals surface area (Å²) in [6, 6.07) is 16.0. The Morgan fingerprint density at radius 3 is 1.24 bits per heavy atom. The molecule has 0 aliphatic carbocycles. The average molecular weight is 1050 g/mol. The van der Waals surface area contributed by atoms with E-state index in [4.69, 9.17) is 10.7 Å². The lowest BCUT2D eigenvalue weighted by Crippen LogP contribution is -1.97. The Bertz CT molecular complexity index is 2640. The molecule has 0 aliphatic heterocycles. The molecule has 0 radical (unpaired) electrons. The van der Waals surface area contributed by atoms with Crippen molar-refractivity contribution in [2.75, 3.05) is 0 Å². The van der Waals surface area contributed by atoms with Crippen LogP contribution < -0.4 is 0 Å². The van der Waals surface area contributed by atoms with Crippen molar-refractivity contribution in [1.29, 1.82) is 0 Å². The first-order valence-corrected chi connectivity index (χ1v) is 24.5. The van der Waals surface area contributed by atoms with Gasteiger partial charge in [0.1, 0.15) is 11.6 Å². The van der Waals surface area contributed by atoms with E-state index in [-0.39, 0.29) is 71.0 Å². The van der Waals surface area contributed by atoms with Gasteiger partial charge in [-0.05, 0) is 144 Å². The van der Waals surface area contributed by atoms with Gasteiger partial charge >= 0.3 is 0 Å². The third-order valence-corrected chi connectivity index (χ3v) is 10.6. The summed E-state index contributed by atoms with van der Waals surface area (Å²) in [7, 11) is 0. The van der Waals surface area contributed by atoms with E-state index in [2.05, 4.69) is 86.5 Å². The molecule has 76 heavy (non-hydrogen) atoms. The van der Waals surface area contributed by atoms with Crippen molar-refractivity contribution in [1.82, 2.24) is 34.9 Å². The molecular formula is C65H97F3N8. The topological polar surface area (TPSA) is 94.6 Å². The normalized spacial score (nSPS) is 10.5. The largest absolute Gasteiger partial charge is 0.272 e. The predicted octanol–water partition coefficient (Wildman–Crippen LogP) is 20.2. The highest BCUT2D eigenvalue weighted by atomic mass is 19.1. The summed E-state index contributed by atoms with van der Waals surface area (Å²) >= 11 is 0. The molecule has 0 N–H and O–H groups in total. The van der Waals surface area contributed by atoms with Gasteiger partial charge in [-0.1, -0.05) is 145 Å². The molecule has 0 bridgehead atoms. The standard InChI is InChI=1S/C10H12N2.C9H12FN.2C9H13N.2C8H10FN.C8H11N.4CH4/c1-7(2)10-9(11-4)5-8(3)6-12-10;1-6(2)9-8(10)4-7(3)5-11-9;2*1-7(2)9-6-10-5-4-8(9)3;1-6(2)7-5-10-4-3-8(7)9;1-6(2)7-4-3-5-10-8(7)9;1-7(2)8-4-3-5-9-6-8;;;;/h5-7H,1-3H3;4-6H,1-3H3;2*4-7H,1-3H3;2*3-6H,1-2H3;3-7H,1-2H3;4*1H4/i;;3D3;;;;;;;;. The number of hydrogen-bond donors (Lipinski definition) is 0. The highest BCUT2D eigenvalue weighted by Gasteiger charge is 2.09. The number of pyridine rings is 7. The lowest BCUT2D eigenvalue weighted by atomic mass is 10.0. The van der Waals surface area contributed by atoms with E-state index >= 15 is 0 Å². The minimum absolute atomic E-state index is 0. The average Bonchev–Trinajstić information content (AvgIpc) is 3.35. The van der Waals surface area contributed by atoms with Gasteiger partial charge in [0, 0.05) is 89.1 Å². The van der Waals surface area contributed by atoms with Crippen LogP contribution in [0.15, 0.2) is 123 Å². The maximum Gasteiger partial charge on any atom is 0.216 e. The number of aryl methyl sites for hydroxylation is 4. The van der Waals surface area contributed by atoms with Crippen LogP contribution in [0.3, 0.4) is 0 Å². The van der Waals surface area contributed by atoms with E-state index in [0.717, 1.165) is 22.4 Å². The molecule has 7 aromatic heterocycles. The lowest BCUT2D eigenvalue weighted by Gasteiger charge is -2.06. The second kappa shape index (κ2) is 40.6. The molecule has 0 aliphatic rings. The smallest absolute Gasteiger partial charge is 0.216 e. The van der Waals surface area contributed by atoms with Crippen LogP contribution >= 0.6 is 0 Å². The minimum Gasteiger partial charge on any atom is -0.272 e. The first kappa shape index (κ1) is 69.3. The third-order valence-electron chi connectivity index (χ3n) is 10.6. The Labute approximate surface area is 465 Å². The Morgan fingerprint density at radius 1 is 0.434 bits per heavy atom. The number of aromatic nitrogens is 7. The first-order chi connectivity index (χ1) is 35.1. The van der Waals surface area contributed by atoms with Crippen molar-refractivity contribution in [2.45, 2.75) is 196 Å². The van der Waals surface area contributed by atoms with Gasteiger partial charge in [0.2, 0.25) is 11.6 Å². The van der Waals surface area contributed by atoms with Crippen LogP contribution in [0.4, 0.5) is 18.9 Å². The van der Waals surface area contributed by atoms with E-state index in [1.54, 1.807) is 43.0 Å². The third kappa shape index (κ3) is 28.9. The minimum atomic E-state index is -2.03. The number of nitrogens with zero attached hydrogens (tertiary/aromatic N) is 8. The van der Waals surface area contributed by atoms with E-state index < -0.39 is 6.85 Å². The zero-order valence-electron chi connectivity index (χ0n) is 48.8. The summed E-state index contributed by atoms with van der Waals surface area (Å²) in [5.41, 5.74) is 10.6. The molecule has 0 saturated carbocycles. The molecule has 0 saturated heterocycles. The molecule has 0 atom stereocenters. The molecule has 418 valence electrons. The van der Waals surface area contributed by atoms with Crippen LogP contribution in [0.25, 0.3) is 4.85 Å². The molecule has 7 aromatic rings. The number of rotatable bonds is 7. The van der Waals surface area contributed by atoms with Crippen LogP contribution in [0.5, 0.6) is 0 Å². The summed E-state index contributed by atoms with van der Waals surface area (Å²) in [5, 5.41) is 0. The maximum atomic E-state index is 13.0. The molecule has 0 amide bonds.